The van der Waals surface area contributed by atoms with Gasteiger partial charge in [0.15, 0.2) is 0 Å². The Balaban J connectivity index is 3.63. The van der Waals surface area contributed by atoms with E-state index in [0.717, 1.165) is 16.6 Å². The van der Waals surface area contributed by atoms with E-state index in [-0.39, 0.29) is 0 Å². The molecule has 15 heavy (non-hydrogen) atoms. The molecule has 1 heteroatoms. The van der Waals surface area contributed by atoms with Crippen LogP contribution >= 0.6 is 0 Å². The number of allylic oxidation sites excluding steroid dienone is 2. The van der Waals surface area contributed by atoms with Crippen molar-refractivity contribution in [3.63, 3.8) is 0 Å². The Hall–Kier alpha value is -1.76. The summed E-state index contributed by atoms with van der Waals surface area (Å²) >= 11 is 0. The van der Waals surface area contributed by atoms with Crippen molar-refractivity contribution in [3.8, 4) is 0 Å². The van der Waals surface area contributed by atoms with Crippen LogP contribution in [0.1, 0.15) is 25.1 Å². The van der Waals surface area contributed by atoms with Crippen LogP contribution in [0.4, 0.5) is 0 Å². The fourth-order valence-electron chi connectivity index (χ4n) is 1.59. The van der Waals surface area contributed by atoms with E-state index in [4.69, 9.17) is 0 Å². The summed E-state index contributed by atoms with van der Waals surface area (Å²) in [6, 6.07) is 0. The van der Waals surface area contributed by atoms with Gasteiger partial charge in [-0.15, -0.1) is 0 Å². The predicted octanol–water partition coefficient (Wildman–Crippen LogP) is 2.46. The predicted molar refractivity (Wildman–Crippen MR) is 69.6 cm³/mol. The molecule has 0 aliphatic carbocycles. The van der Waals surface area contributed by atoms with E-state index < -0.39 is 0 Å². The van der Waals surface area contributed by atoms with E-state index in [1.165, 1.54) is 5.22 Å². The minimum absolute atomic E-state index is 1.02. The Morgan fingerprint density at radius 3 is 2.33 bits per heavy atom. The Kier molecular flexibility index (Phi) is 3.92. The van der Waals surface area contributed by atoms with Gasteiger partial charge in [0.1, 0.15) is 0 Å². The van der Waals surface area contributed by atoms with Gasteiger partial charge in [-0.2, -0.15) is 0 Å². The lowest BCUT2D eigenvalue weighted by Gasteiger charge is -1.88. The minimum atomic E-state index is 1.02. The highest BCUT2D eigenvalue weighted by Crippen LogP contribution is 2.01. The SMILES string of the molecule is C=Cc1[nH]c(=C/C=C\C)/c(=C\C)c1C=C. The first-order valence-corrected chi connectivity index (χ1v) is 5.04. The molecule has 1 aromatic rings. The zero-order valence-corrected chi connectivity index (χ0v) is 9.38. The van der Waals surface area contributed by atoms with E-state index in [2.05, 4.69) is 30.3 Å². The Bertz CT molecular complexity index is 498. The van der Waals surface area contributed by atoms with E-state index in [9.17, 15) is 0 Å². The van der Waals surface area contributed by atoms with Crippen LogP contribution in [0.15, 0.2) is 25.3 Å². The van der Waals surface area contributed by atoms with Crippen LogP contribution in [0.2, 0.25) is 0 Å². The van der Waals surface area contributed by atoms with Crippen LogP contribution in [0.3, 0.4) is 0 Å². The number of H-pyrrole nitrogens is 1. The molecule has 0 saturated carbocycles. The van der Waals surface area contributed by atoms with Crippen molar-refractivity contribution in [3.05, 3.63) is 47.1 Å². The van der Waals surface area contributed by atoms with Gasteiger partial charge in [-0.3, -0.25) is 0 Å². The van der Waals surface area contributed by atoms with E-state index >= 15 is 0 Å². The van der Waals surface area contributed by atoms with Crippen LogP contribution in [-0.2, 0) is 0 Å². The summed E-state index contributed by atoms with van der Waals surface area (Å²) < 4.78 is 0. The summed E-state index contributed by atoms with van der Waals surface area (Å²) in [4.78, 5) is 3.31. The van der Waals surface area contributed by atoms with E-state index in [0.29, 0.717) is 0 Å². The molecule has 0 saturated heterocycles. The van der Waals surface area contributed by atoms with Gasteiger partial charge in [-0.05, 0) is 26.0 Å². The third-order valence-corrected chi connectivity index (χ3v) is 2.29. The Morgan fingerprint density at radius 2 is 1.87 bits per heavy atom. The molecule has 0 aliphatic rings. The average Bonchev–Trinajstić information content (AvgIpc) is 2.62. The highest BCUT2D eigenvalue weighted by Gasteiger charge is 2.00. The quantitative estimate of drug-likeness (QED) is 0.769. The first kappa shape index (κ1) is 11.3. The standard InChI is InChI=1S/C14H17N/c1-5-9-10-14-12(7-3)11(6-2)13(8-4)15-14/h5-10,15H,2,4H2,1,3H3/b9-5-,12-7-,14-10+. The van der Waals surface area contributed by atoms with Crippen molar-refractivity contribution in [2.24, 2.45) is 0 Å². The molecule has 1 nitrogen and oxygen atoms in total. The second kappa shape index (κ2) is 5.20. The summed E-state index contributed by atoms with van der Waals surface area (Å²) in [6.07, 6.45) is 11.8. The fourth-order valence-corrected chi connectivity index (χ4v) is 1.59. The molecule has 0 fully saturated rings. The molecule has 0 spiro atoms. The molecule has 0 unspecified atom stereocenters. The fraction of sp³-hybridized carbons (Fsp3) is 0.143. The van der Waals surface area contributed by atoms with E-state index in [1.807, 2.05) is 38.2 Å². The second-order valence-corrected chi connectivity index (χ2v) is 3.17. The molecule has 0 atom stereocenters. The van der Waals surface area contributed by atoms with Gasteiger partial charge in [-0.25, -0.2) is 0 Å². The Labute approximate surface area is 90.8 Å². The van der Waals surface area contributed by atoms with Crippen molar-refractivity contribution in [2.75, 3.05) is 0 Å². The number of nitrogens with one attached hydrogen (secondary N) is 1. The van der Waals surface area contributed by atoms with Gasteiger partial charge < -0.3 is 4.98 Å². The van der Waals surface area contributed by atoms with Crippen molar-refractivity contribution >= 4 is 24.3 Å². The van der Waals surface area contributed by atoms with Crippen LogP contribution in [0.5, 0.6) is 0 Å². The Morgan fingerprint density at radius 1 is 1.13 bits per heavy atom. The van der Waals surface area contributed by atoms with Crippen molar-refractivity contribution in [1.82, 2.24) is 4.98 Å². The maximum Gasteiger partial charge on any atom is 0.0461 e. The van der Waals surface area contributed by atoms with E-state index in [1.54, 1.807) is 0 Å². The number of rotatable bonds is 3. The second-order valence-electron chi connectivity index (χ2n) is 3.17. The molecule has 1 heterocycles. The highest BCUT2D eigenvalue weighted by atomic mass is 14.7. The normalized spacial score (nSPS) is 13.7. The summed E-state index contributed by atoms with van der Waals surface area (Å²) in [7, 11) is 0. The van der Waals surface area contributed by atoms with Crippen LogP contribution < -0.4 is 10.6 Å². The van der Waals surface area contributed by atoms with Gasteiger partial charge in [0, 0.05) is 21.8 Å². The molecule has 1 N–H and O–H groups in total. The van der Waals surface area contributed by atoms with Gasteiger partial charge >= 0.3 is 0 Å². The molecular formula is C14H17N. The van der Waals surface area contributed by atoms with Crippen molar-refractivity contribution in [1.29, 1.82) is 0 Å². The zero-order chi connectivity index (χ0) is 11.3. The molecule has 0 radical (unpaired) electrons. The minimum Gasteiger partial charge on any atom is -0.355 e. The monoisotopic (exact) mass is 199 g/mol. The van der Waals surface area contributed by atoms with Crippen LogP contribution in [0, 0.1) is 0 Å². The van der Waals surface area contributed by atoms with Gasteiger partial charge in [0.25, 0.3) is 0 Å². The lowest BCUT2D eigenvalue weighted by molar-refractivity contribution is 1.29. The summed E-state index contributed by atoms with van der Waals surface area (Å²) in [6.45, 7) is 11.6. The zero-order valence-electron chi connectivity index (χ0n) is 9.38. The lowest BCUT2D eigenvalue weighted by atomic mass is 10.2. The third-order valence-electron chi connectivity index (χ3n) is 2.29. The molecule has 0 bridgehead atoms. The highest BCUT2D eigenvalue weighted by molar-refractivity contribution is 5.63. The van der Waals surface area contributed by atoms with Gasteiger partial charge in [0.2, 0.25) is 0 Å². The largest absolute Gasteiger partial charge is 0.355 e. The summed E-state index contributed by atoms with van der Waals surface area (Å²) in [5.41, 5.74) is 2.14. The first-order valence-electron chi connectivity index (χ1n) is 5.04. The van der Waals surface area contributed by atoms with Crippen LogP contribution in [-0.4, -0.2) is 4.98 Å². The summed E-state index contributed by atoms with van der Waals surface area (Å²) in [5, 5.41) is 2.28. The van der Waals surface area contributed by atoms with Gasteiger partial charge in [0.05, 0.1) is 0 Å². The van der Waals surface area contributed by atoms with Gasteiger partial charge in [-0.1, -0.05) is 37.5 Å². The molecule has 1 aromatic heterocycles. The molecule has 1 rings (SSSR count). The smallest absolute Gasteiger partial charge is 0.0461 e. The lowest BCUT2D eigenvalue weighted by Crippen LogP contribution is -2.23. The number of hydrogen-bond donors (Lipinski definition) is 1. The topological polar surface area (TPSA) is 15.8 Å². The van der Waals surface area contributed by atoms with Crippen LogP contribution in [0.25, 0.3) is 24.3 Å². The maximum absolute atomic E-state index is 3.82. The van der Waals surface area contributed by atoms with Crippen molar-refractivity contribution in [2.45, 2.75) is 13.8 Å². The first-order chi connectivity index (χ1) is 7.28. The van der Waals surface area contributed by atoms with Crippen molar-refractivity contribution < 1.29 is 0 Å². The average molecular weight is 199 g/mol. The summed E-state index contributed by atoms with van der Waals surface area (Å²) in [5.74, 6) is 0. The number of aromatic nitrogens is 1. The maximum atomic E-state index is 3.82. The number of hydrogen-bond acceptors (Lipinski definition) is 0. The molecule has 78 valence electrons. The number of aromatic amines is 1. The molecular weight excluding hydrogens is 182 g/mol. The molecule has 0 amide bonds. The molecule has 0 aromatic carbocycles. The molecule has 0 aliphatic heterocycles. The third kappa shape index (κ3) is 2.18.